The molecule has 0 aliphatic carbocycles. The Morgan fingerprint density at radius 3 is 2.47 bits per heavy atom. The van der Waals surface area contributed by atoms with Gasteiger partial charge in [-0.1, -0.05) is 11.2 Å². The number of oxime groups is 1. The minimum atomic E-state index is 0.110. The fourth-order valence-electron chi connectivity index (χ4n) is 5.03. The SMILES string of the molecule is CON=C(Cc1cccc(N)n1)C1CCN(C(=O)C2CCN(Cc3ccnc(N)c3)CC2)CC1. The Morgan fingerprint density at radius 1 is 1.06 bits per heavy atom. The minimum Gasteiger partial charge on any atom is -0.399 e. The maximum Gasteiger partial charge on any atom is 0.225 e. The van der Waals surface area contributed by atoms with E-state index in [2.05, 4.69) is 20.0 Å². The van der Waals surface area contributed by atoms with E-state index in [1.807, 2.05) is 29.2 Å². The molecule has 4 heterocycles. The van der Waals surface area contributed by atoms with Gasteiger partial charge in [0.2, 0.25) is 5.91 Å². The van der Waals surface area contributed by atoms with Crippen LogP contribution in [0.3, 0.4) is 0 Å². The van der Waals surface area contributed by atoms with Crippen LogP contribution >= 0.6 is 0 Å². The van der Waals surface area contributed by atoms with Crippen molar-refractivity contribution >= 4 is 23.3 Å². The van der Waals surface area contributed by atoms with E-state index in [-0.39, 0.29) is 11.8 Å². The summed E-state index contributed by atoms with van der Waals surface area (Å²) in [5, 5.41) is 4.30. The van der Waals surface area contributed by atoms with Crippen molar-refractivity contribution in [3.63, 3.8) is 0 Å². The zero-order valence-electron chi connectivity index (χ0n) is 19.9. The van der Waals surface area contributed by atoms with E-state index in [0.717, 1.165) is 69.8 Å². The van der Waals surface area contributed by atoms with E-state index in [1.165, 1.54) is 5.56 Å². The lowest BCUT2D eigenvalue weighted by molar-refractivity contribution is -0.138. The van der Waals surface area contributed by atoms with Gasteiger partial charge in [-0.2, -0.15) is 0 Å². The van der Waals surface area contributed by atoms with E-state index < -0.39 is 0 Å². The number of carbonyl (C=O) groups is 1. The zero-order chi connectivity index (χ0) is 23.9. The van der Waals surface area contributed by atoms with Crippen LogP contribution in [-0.2, 0) is 22.6 Å². The third kappa shape index (κ3) is 6.22. The summed E-state index contributed by atoms with van der Waals surface area (Å²) in [7, 11) is 1.57. The number of carbonyl (C=O) groups excluding carboxylic acids is 1. The summed E-state index contributed by atoms with van der Waals surface area (Å²) in [5.74, 6) is 1.74. The molecular formula is C25H35N7O2. The summed E-state index contributed by atoms with van der Waals surface area (Å²) in [6, 6.07) is 9.56. The average molecular weight is 466 g/mol. The number of pyridine rings is 2. The van der Waals surface area contributed by atoms with E-state index in [1.54, 1.807) is 19.4 Å². The van der Waals surface area contributed by atoms with Gasteiger partial charge in [-0.15, -0.1) is 0 Å². The molecule has 2 aliphatic rings. The highest BCUT2D eigenvalue weighted by atomic mass is 16.6. The van der Waals surface area contributed by atoms with E-state index in [9.17, 15) is 4.79 Å². The summed E-state index contributed by atoms with van der Waals surface area (Å²) in [5.41, 5.74) is 14.6. The molecule has 0 unspecified atom stereocenters. The van der Waals surface area contributed by atoms with Gasteiger partial charge < -0.3 is 21.2 Å². The highest BCUT2D eigenvalue weighted by Crippen LogP contribution is 2.26. The van der Waals surface area contributed by atoms with Gasteiger partial charge >= 0.3 is 0 Å². The van der Waals surface area contributed by atoms with Gasteiger partial charge in [0.05, 0.1) is 5.71 Å². The number of amides is 1. The first-order valence-corrected chi connectivity index (χ1v) is 12.0. The van der Waals surface area contributed by atoms with Gasteiger partial charge in [0.1, 0.15) is 18.7 Å². The predicted molar refractivity (Wildman–Crippen MR) is 133 cm³/mol. The number of nitrogen functional groups attached to an aromatic ring is 2. The summed E-state index contributed by atoms with van der Waals surface area (Å²) < 4.78 is 0. The monoisotopic (exact) mass is 465 g/mol. The molecule has 0 aromatic carbocycles. The number of nitrogens with two attached hydrogens (primary N) is 2. The summed E-state index contributed by atoms with van der Waals surface area (Å²) in [6.45, 7) is 4.21. The first kappa shape index (κ1) is 23.9. The number of nitrogens with zero attached hydrogens (tertiary/aromatic N) is 5. The Balaban J connectivity index is 1.25. The smallest absolute Gasteiger partial charge is 0.225 e. The normalized spacial score (nSPS) is 18.7. The van der Waals surface area contributed by atoms with Gasteiger partial charge in [0, 0.05) is 49.8 Å². The van der Waals surface area contributed by atoms with Crippen LogP contribution in [0.2, 0.25) is 0 Å². The molecular weight excluding hydrogens is 430 g/mol. The van der Waals surface area contributed by atoms with Gasteiger partial charge in [0.15, 0.2) is 0 Å². The number of aromatic nitrogens is 2. The van der Waals surface area contributed by atoms with Crippen LogP contribution in [-0.4, -0.2) is 64.7 Å². The minimum absolute atomic E-state index is 0.110. The fraction of sp³-hybridized carbons (Fsp3) is 0.520. The third-order valence-electron chi connectivity index (χ3n) is 6.87. The fourth-order valence-corrected chi connectivity index (χ4v) is 5.03. The third-order valence-corrected chi connectivity index (χ3v) is 6.87. The van der Waals surface area contributed by atoms with Crippen molar-refractivity contribution in [2.75, 3.05) is 44.8 Å². The lowest BCUT2D eigenvalue weighted by Gasteiger charge is -2.37. The van der Waals surface area contributed by atoms with Crippen LogP contribution in [0.25, 0.3) is 0 Å². The number of anilines is 2. The maximum absolute atomic E-state index is 13.2. The van der Waals surface area contributed by atoms with Crippen molar-refractivity contribution in [1.82, 2.24) is 19.8 Å². The second-order valence-electron chi connectivity index (χ2n) is 9.23. The van der Waals surface area contributed by atoms with Crippen molar-refractivity contribution in [1.29, 1.82) is 0 Å². The molecule has 34 heavy (non-hydrogen) atoms. The van der Waals surface area contributed by atoms with Gasteiger partial charge in [-0.05, 0) is 68.6 Å². The Morgan fingerprint density at radius 2 is 1.79 bits per heavy atom. The molecule has 1 amide bonds. The first-order chi connectivity index (χ1) is 16.5. The molecule has 2 fully saturated rings. The van der Waals surface area contributed by atoms with Crippen LogP contribution in [0.4, 0.5) is 11.6 Å². The van der Waals surface area contributed by atoms with Gasteiger partial charge in [0.25, 0.3) is 0 Å². The molecule has 0 spiro atoms. The predicted octanol–water partition coefficient (Wildman–Crippen LogP) is 2.34. The number of piperidine rings is 2. The molecule has 0 atom stereocenters. The maximum atomic E-state index is 13.2. The topological polar surface area (TPSA) is 123 Å². The lowest BCUT2D eigenvalue weighted by atomic mass is 9.88. The van der Waals surface area contributed by atoms with Gasteiger partial charge in [-0.25, -0.2) is 9.97 Å². The zero-order valence-corrected chi connectivity index (χ0v) is 19.9. The van der Waals surface area contributed by atoms with Crippen molar-refractivity contribution in [2.45, 2.75) is 38.6 Å². The number of hydrogen-bond acceptors (Lipinski definition) is 8. The Hall–Kier alpha value is -3.20. The molecule has 9 nitrogen and oxygen atoms in total. The van der Waals surface area contributed by atoms with E-state index in [4.69, 9.17) is 16.3 Å². The Kier molecular flexibility index (Phi) is 7.95. The van der Waals surface area contributed by atoms with Crippen LogP contribution in [0.1, 0.15) is 36.9 Å². The number of likely N-dealkylation sites (tertiary alicyclic amines) is 2. The lowest BCUT2D eigenvalue weighted by Crippen LogP contribution is -2.46. The molecule has 4 rings (SSSR count). The standard InChI is InChI=1S/C25H35N7O2/c1-34-30-22(16-21-3-2-4-23(26)29-21)19-8-13-32(14-9-19)25(33)20-6-11-31(12-7-20)17-18-5-10-28-24(27)15-18/h2-5,10,15,19-20H,6-9,11-14,16-17H2,1H3,(H2,26,29)(H2,27,28). The highest BCUT2D eigenvalue weighted by Gasteiger charge is 2.32. The molecule has 9 heteroatoms. The molecule has 2 saturated heterocycles. The van der Waals surface area contributed by atoms with Crippen molar-refractivity contribution < 1.29 is 9.63 Å². The largest absolute Gasteiger partial charge is 0.399 e. The molecule has 182 valence electrons. The van der Waals surface area contributed by atoms with Crippen LogP contribution in [0.5, 0.6) is 0 Å². The summed E-state index contributed by atoms with van der Waals surface area (Å²) in [4.78, 5) is 31.2. The van der Waals surface area contributed by atoms with Crippen LogP contribution in [0.15, 0.2) is 41.7 Å². The molecule has 2 aromatic heterocycles. The molecule has 4 N–H and O–H groups in total. The Labute approximate surface area is 201 Å². The van der Waals surface area contributed by atoms with Crippen LogP contribution in [0, 0.1) is 11.8 Å². The highest BCUT2D eigenvalue weighted by molar-refractivity contribution is 5.88. The van der Waals surface area contributed by atoms with E-state index >= 15 is 0 Å². The summed E-state index contributed by atoms with van der Waals surface area (Å²) >= 11 is 0. The van der Waals surface area contributed by atoms with E-state index in [0.29, 0.717) is 24.0 Å². The number of rotatable bonds is 7. The average Bonchev–Trinajstić information content (AvgIpc) is 2.84. The van der Waals surface area contributed by atoms with Crippen LogP contribution < -0.4 is 11.5 Å². The quantitative estimate of drug-likeness (QED) is 0.475. The van der Waals surface area contributed by atoms with Crippen molar-refractivity contribution in [3.8, 4) is 0 Å². The van der Waals surface area contributed by atoms with Crippen molar-refractivity contribution in [3.05, 3.63) is 47.8 Å². The molecule has 0 bridgehead atoms. The second-order valence-corrected chi connectivity index (χ2v) is 9.23. The van der Waals surface area contributed by atoms with Crippen molar-refractivity contribution in [2.24, 2.45) is 17.0 Å². The number of hydrogen-bond donors (Lipinski definition) is 2. The first-order valence-electron chi connectivity index (χ1n) is 12.0. The summed E-state index contributed by atoms with van der Waals surface area (Å²) in [6.07, 6.45) is 5.93. The van der Waals surface area contributed by atoms with Gasteiger partial charge in [-0.3, -0.25) is 9.69 Å². The second kappa shape index (κ2) is 11.3. The molecule has 0 saturated carbocycles. The molecule has 0 radical (unpaired) electrons. The molecule has 2 aromatic rings. The Bertz CT molecular complexity index is 996. The molecule has 2 aliphatic heterocycles.